The first-order chi connectivity index (χ1) is 9.65. The number of benzene rings is 2. The normalized spacial score (nSPS) is 12.2. The molecule has 0 heterocycles. The lowest BCUT2D eigenvalue weighted by Gasteiger charge is -2.14. The number of halogens is 2. The molecule has 2 aromatic carbocycles. The molecule has 0 unspecified atom stereocenters. The van der Waals surface area contributed by atoms with Crippen LogP contribution in [0.3, 0.4) is 0 Å². The number of nitrogens with one attached hydrogen (secondary N) is 1. The zero-order valence-electron chi connectivity index (χ0n) is 11.3. The fraction of sp³-hybridized carbons (Fsp3) is 0.250. The molecular formula is C16H17BrClNO. The van der Waals surface area contributed by atoms with Crippen molar-refractivity contribution in [3.8, 4) is 5.75 Å². The van der Waals surface area contributed by atoms with E-state index in [2.05, 4.69) is 28.2 Å². The highest BCUT2D eigenvalue weighted by Gasteiger charge is 2.04. The molecule has 0 bridgehead atoms. The van der Waals surface area contributed by atoms with Gasteiger partial charge in [-0.3, -0.25) is 0 Å². The average molecular weight is 355 g/mol. The number of rotatable bonds is 6. The summed E-state index contributed by atoms with van der Waals surface area (Å²) in [5.74, 6) is 0.875. The van der Waals surface area contributed by atoms with Gasteiger partial charge in [-0.05, 0) is 42.8 Å². The Labute approximate surface area is 133 Å². The third kappa shape index (κ3) is 4.82. The van der Waals surface area contributed by atoms with Gasteiger partial charge >= 0.3 is 0 Å². The second-order valence-corrected chi connectivity index (χ2v) is 5.89. The maximum absolute atomic E-state index is 5.88. The maximum atomic E-state index is 5.88. The Hall–Kier alpha value is -1.03. The van der Waals surface area contributed by atoms with Crippen molar-refractivity contribution in [1.29, 1.82) is 0 Å². The second-order valence-electron chi connectivity index (χ2n) is 4.53. The van der Waals surface area contributed by atoms with E-state index in [1.807, 2.05) is 48.5 Å². The summed E-state index contributed by atoms with van der Waals surface area (Å²) in [5, 5.41) is 4.19. The molecule has 106 valence electrons. The SMILES string of the molecule is C[C@@H](NCCOc1cccc(Br)c1)c1ccc(Cl)cc1. The quantitative estimate of drug-likeness (QED) is 0.750. The molecule has 1 N–H and O–H groups in total. The summed E-state index contributed by atoms with van der Waals surface area (Å²) >= 11 is 9.30. The highest BCUT2D eigenvalue weighted by Crippen LogP contribution is 2.18. The van der Waals surface area contributed by atoms with E-state index in [4.69, 9.17) is 16.3 Å². The Morgan fingerprint density at radius 1 is 1.20 bits per heavy atom. The third-order valence-corrected chi connectivity index (χ3v) is 3.73. The van der Waals surface area contributed by atoms with E-state index >= 15 is 0 Å². The van der Waals surface area contributed by atoms with E-state index in [0.717, 1.165) is 21.8 Å². The molecule has 2 aromatic rings. The van der Waals surface area contributed by atoms with Gasteiger partial charge in [-0.15, -0.1) is 0 Å². The minimum Gasteiger partial charge on any atom is -0.492 e. The molecule has 0 amide bonds. The van der Waals surface area contributed by atoms with Crippen molar-refractivity contribution in [2.75, 3.05) is 13.2 Å². The van der Waals surface area contributed by atoms with Gasteiger partial charge < -0.3 is 10.1 Å². The Bertz CT molecular complexity index is 544. The Morgan fingerprint density at radius 3 is 2.65 bits per heavy atom. The van der Waals surface area contributed by atoms with Crippen LogP contribution in [-0.2, 0) is 0 Å². The first kappa shape index (κ1) is 15.4. The summed E-state index contributed by atoms with van der Waals surface area (Å²) in [6, 6.07) is 16.0. The molecule has 4 heteroatoms. The van der Waals surface area contributed by atoms with Crippen LogP contribution in [-0.4, -0.2) is 13.2 Å². The molecule has 0 spiro atoms. The lowest BCUT2D eigenvalue weighted by Crippen LogP contribution is -2.24. The standard InChI is InChI=1S/C16H17BrClNO/c1-12(13-5-7-15(18)8-6-13)19-9-10-20-16-4-2-3-14(17)11-16/h2-8,11-12,19H,9-10H2,1H3/t12-/m1/s1. The van der Waals surface area contributed by atoms with E-state index in [0.29, 0.717) is 6.61 Å². The highest BCUT2D eigenvalue weighted by molar-refractivity contribution is 9.10. The summed E-state index contributed by atoms with van der Waals surface area (Å²) in [7, 11) is 0. The van der Waals surface area contributed by atoms with Crippen molar-refractivity contribution < 1.29 is 4.74 Å². The summed E-state index contributed by atoms with van der Waals surface area (Å²) < 4.78 is 6.70. The molecular weight excluding hydrogens is 338 g/mol. The van der Waals surface area contributed by atoms with Gasteiger partial charge in [0.05, 0.1) is 0 Å². The first-order valence-electron chi connectivity index (χ1n) is 6.52. The van der Waals surface area contributed by atoms with Gasteiger partial charge in [0.15, 0.2) is 0 Å². The van der Waals surface area contributed by atoms with Crippen LogP contribution in [0, 0.1) is 0 Å². The first-order valence-corrected chi connectivity index (χ1v) is 7.69. The smallest absolute Gasteiger partial charge is 0.120 e. The molecule has 0 fully saturated rings. The predicted molar refractivity (Wildman–Crippen MR) is 87.5 cm³/mol. The number of hydrogen-bond acceptors (Lipinski definition) is 2. The van der Waals surface area contributed by atoms with Gasteiger partial charge in [-0.1, -0.05) is 45.7 Å². The van der Waals surface area contributed by atoms with Crippen molar-refractivity contribution in [1.82, 2.24) is 5.32 Å². The van der Waals surface area contributed by atoms with Crippen LogP contribution < -0.4 is 10.1 Å². The van der Waals surface area contributed by atoms with E-state index < -0.39 is 0 Å². The summed E-state index contributed by atoms with van der Waals surface area (Å²) in [6.07, 6.45) is 0. The largest absolute Gasteiger partial charge is 0.492 e. The molecule has 2 nitrogen and oxygen atoms in total. The molecule has 20 heavy (non-hydrogen) atoms. The van der Waals surface area contributed by atoms with Crippen LogP contribution in [0.15, 0.2) is 53.0 Å². The van der Waals surface area contributed by atoms with Gasteiger partial charge in [0, 0.05) is 22.1 Å². The van der Waals surface area contributed by atoms with Gasteiger partial charge in [0.2, 0.25) is 0 Å². The minimum atomic E-state index is 0.276. The van der Waals surface area contributed by atoms with Gasteiger partial charge in [-0.25, -0.2) is 0 Å². The van der Waals surface area contributed by atoms with Crippen molar-refractivity contribution in [3.05, 3.63) is 63.6 Å². The van der Waals surface area contributed by atoms with Crippen LogP contribution in [0.25, 0.3) is 0 Å². The van der Waals surface area contributed by atoms with Gasteiger partial charge in [0.1, 0.15) is 12.4 Å². The average Bonchev–Trinajstić information content (AvgIpc) is 2.44. The van der Waals surface area contributed by atoms with Crippen molar-refractivity contribution in [2.45, 2.75) is 13.0 Å². The van der Waals surface area contributed by atoms with E-state index in [-0.39, 0.29) is 6.04 Å². The second kappa shape index (κ2) is 7.67. The Morgan fingerprint density at radius 2 is 1.95 bits per heavy atom. The van der Waals surface area contributed by atoms with Gasteiger partial charge in [-0.2, -0.15) is 0 Å². The molecule has 0 saturated heterocycles. The van der Waals surface area contributed by atoms with E-state index in [1.165, 1.54) is 5.56 Å². The maximum Gasteiger partial charge on any atom is 0.120 e. The Balaban J connectivity index is 1.74. The van der Waals surface area contributed by atoms with Gasteiger partial charge in [0.25, 0.3) is 0 Å². The lowest BCUT2D eigenvalue weighted by atomic mass is 10.1. The molecule has 0 aliphatic carbocycles. The highest BCUT2D eigenvalue weighted by atomic mass is 79.9. The topological polar surface area (TPSA) is 21.3 Å². The van der Waals surface area contributed by atoms with E-state index in [9.17, 15) is 0 Å². The van der Waals surface area contributed by atoms with E-state index in [1.54, 1.807) is 0 Å². The zero-order chi connectivity index (χ0) is 14.4. The van der Waals surface area contributed by atoms with Crippen LogP contribution in [0.1, 0.15) is 18.5 Å². The molecule has 1 atom stereocenters. The third-order valence-electron chi connectivity index (χ3n) is 2.99. The zero-order valence-corrected chi connectivity index (χ0v) is 13.6. The summed E-state index contributed by atoms with van der Waals surface area (Å²) in [4.78, 5) is 0. The summed E-state index contributed by atoms with van der Waals surface area (Å²) in [5.41, 5.74) is 1.22. The molecule has 2 rings (SSSR count). The predicted octanol–water partition coefficient (Wildman–Crippen LogP) is 4.83. The van der Waals surface area contributed by atoms with Crippen LogP contribution in [0.5, 0.6) is 5.75 Å². The summed E-state index contributed by atoms with van der Waals surface area (Å²) in [6.45, 7) is 3.55. The fourth-order valence-corrected chi connectivity index (χ4v) is 2.37. The molecule has 0 aromatic heterocycles. The molecule has 0 aliphatic heterocycles. The van der Waals surface area contributed by atoms with Crippen LogP contribution in [0.2, 0.25) is 5.02 Å². The molecule has 0 aliphatic rings. The molecule has 0 radical (unpaired) electrons. The van der Waals surface area contributed by atoms with Crippen molar-refractivity contribution in [3.63, 3.8) is 0 Å². The van der Waals surface area contributed by atoms with Crippen molar-refractivity contribution >= 4 is 27.5 Å². The fourth-order valence-electron chi connectivity index (χ4n) is 1.87. The lowest BCUT2D eigenvalue weighted by molar-refractivity contribution is 0.307. The monoisotopic (exact) mass is 353 g/mol. The van der Waals surface area contributed by atoms with Crippen LogP contribution in [0.4, 0.5) is 0 Å². The van der Waals surface area contributed by atoms with Crippen LogP contribution >= 0.6 is 27.5 Å². The Kier molecular flexibility index (Phi) is 5.89. The minimum absolute atomic E-state index is 0.276. The van der Waals surface area contributed by atoms with Crippen molar-refractivity contribution in [2.24, 2.45) is 0 Å². The number of ether oxygens (including phenoxy) is 1. The molecule has 0 saturated carbocycles. The number of hydrogen-bond donors (Lipinski definition) is 1.